The molecular formula is C13H16BrN5OS2. The third kappa shape index (κ3) is 4.08. The highest BCUT2D eigenvalue weighted by molar-refractivity contribution is 9.11. The quantitative estimate of drug-likeness (QED) is 0.752. The molecule has 2 aromatic rings. The van der Waals surface area contributed by atoms with Gasteiger partial charge in [0.1, 0.15) is 0 Å². The molecule has 0 aromatic carbocycles. The summed E-state index contributed by atoms with van der Waals surface area (Å²) in [4.78, 5) is 13.1. The molecule has 2 aromatic heterocycles. The number of nitrogens with one attached hydrogen (secondary N) is 1. The van der Waals surface area contributed by atoms with Crippen LogP contribution in [0, 0.1) is 0 Å². The molecule has 0 aliphatic heterocycles. The molecule has 1 N–H and O–H groups in total. The maximum Gasteiger partial charge on any atom is 0.230 e. The Balaban J connectivity index is 1.48. The van der Waals surface area contributed by atoms with E-state index in [-0.39, 0.29) is 5.91 Å². The summed E-state index contributed by atoms with van der Waals surface area (Å²) < 4.78 is 2.95. The molecule has 22 heavy (non-hydrogen) atoms. The van der Waals surface area contributed by atoms with Crippen molar-refractivity contribution in [2.75, 3.05) is 5.75 Å². The van der Waals surface area contributed by atoms with Crippen LogP contribution in [0.25, 0.3) is 0 Å². The molecule has 1 aliphatic rings. The summed E-state index contributed by atoms with van der Waals surface area (Å²) in [5, 5.41) is 15.5. The Bertz CT molecular complexity index is 638. The summed E-state index contributed by atoms with van der Waals surface area (Å²) in [6.07, 6.45) is 4.70. The van der Waals surface area contributed by atoms with Crippen LogP contribution in [0.2, 0.25) is 0 Å². The number of tetrazole rings is 1. The van der Waals surface area contributed by atoms with E-state index in [1.165, 1.54) is 24.6 Å². The molecule has 0 spiro atoms. The monoisotopic (exact) mass is 401 g/mol. The summed E-state index contributed by atoms with van der Waals surface area (Å²) in [5.74, 6) is 0.329. The summed E-state index contributed by atoms with van der Waals surface area (Å²) in [6, 6.07) is 4.38. The second-order valence-corrected chi connectivity index (χ2v) is 8.61. The fourth-order valence-corrected chi connectivity index (χ4v) is 4.67. The lowest BCUT2D eigenvalue weighted by Crippen LogP contribution is -2.24. The first-order chi connectivity index (χ1) is 10.7. The minimum Gasteiger partial charge on any atom is -0.350 e. The van der Waals surface area contributed by atoms with Gasteiger partial charge in [-0.05, 0) is 51.3 Å². The second kappa shape index (κ2) is 7.56. The van der Waals surface area contributed by atoms with Gasteiger partial charge in [0.15, 0.2) is 0 Å². The minimum atomic E-state index is -0.00417. The van der Waals surface area contributed by atoms with Gasteiger partial charge in [-0.2, -0.15) is 0 Å². The number of carbonyl (C=O) groups excluding carboxylic acids is 1. The predicted octanol–water partition coefficient (Wildman–Crippen LogP) is 3.02. The van der Waals surface area contributed by atoms with Gasteiger partial charge in [0, 0.05) is 4.88 Å². The number of hydrogen-bond donors (Lipinski definition) is 1. The van der Waals surface area contributed by atoms with Crippen molar-refractivity contribution in [1.82, 2.24) is 25.5 Å². The molecular weight excluding hydrogens is 386 g/mol. The number of hydrogen-bond acceptors (Lipinski definition) is 6. The zero-order valence-electron chi connectivity index (χ0n) is 11.9. The molecule has 1 amide bonds. The standard InChI is InChI=1S/C13H16BrN5OS2/c14-11-6-5-10(22-11)7-15-12(20)8-21-13-16-17-18-19(13)9-3-1-2-4-9/h5-6,9H,1-4,7-8H2,(H,15,20). The first kappa shape index (κ1) is 15.9. The number of halogens is 1. The number of thioether (sulfide) groups is 1. The average molecular weight is 402 g/mol. The molecule has 1 aliphatic carbocycles. The van der Waals surface area contributed by atoms with Gasteiger partial charge in [0.2, 0.25) is 11.1 Å². The molecule has 0 unspecified atom stereocenters. The smallest absolute Gasteiger partial charge is 0.230 e. The lowest BCUT2D eigenvalue weighted by molar-refractivity contribution is -0.118. The van der Waals surface area contributed by atoms with Crippen LogP contribution in [0.4, 0.5) is 0 Å². The molecule has 0 atom stereocenters. The summed E-state index contributed by atoms with van der Waals surface area (Å²) in [6.45, 7) is 0.559. The Hall–Kier alpha value is -0.930. The van der Waals surface area contributed by atoms with E-state index >= 15 is 0 Å². The molecule has 0 radical (unpaired) electrons. The van der Waals surface area contributed by atoms with Crippen LogP contribution in [-0.4, -0.2) is 31.9 Å². The van der Waals surface area contributed by atoms with Gasteiger partial charge in [-0.15, -0.1) is 16.4 Å². The SMILES string of the molecule is O=C(CSc1nnnn1C1CCCC1)NCc1ccc(Br)s1. The molecule has 118 valence electrons. The van der Waals surface area contributed by atoms with E-state index < -0.39 is 0 Å². The van der Waals surface area contributed by atoms with Gasteiger partial charge in [0.25, 0.3) is 0 Å². The number of carbonyl (C=O) groups is 1. The van der Waals surface area contributed by atoms with Crippen LogP contribution in [0.1, 0.15) is 36.6 Å². The van der Waals surface area contributed by atoms with Crippen LogP contribution in [0.5, 0.6) is 0 Å². The van der Waals surface area contributed by atoms with Crippen molar-refractivity contribution in [2.45, 2.75) is 43.4 Å². The Labute approximate surface area is 145 Å². The highest BCUT2D eigenvalue weighted by atomic mass is 79.9. The molecule has 0 bridgehead atoms. The van der Waals surface area contributed by atoms with Gasteiger partial charge < -0.3 is 5.32 Å². The maximum atomic E-state index is 11.9. The molecule has 2 heterocycles. The van der Waals surface area contributed by atoms with E-state index in [0.717, 1.165) is 26.7 Å². The third-order valence-electron chi connectivity index (χ3n) is 3.55. The van der Waals surface area contributed by atoms with Crippen LogP contribution >= 0.6 is 39.0 Å². The second-order valence-electron chi connectivity index (χ2n) is 5.12. The zero-order valence-corrected chi connectivity index (χ0v) is 15.1. The Morgan fingerprint density at radius 1 is 1.45 bits per heavy atom. The lowest BCUT2D eigenvalue weighted by atomic mass is 10.3. The third-order valence-corrected chi connectivity index (χ3v) is 6.11. The van der Waals surface area contributed by atoms with Crippen molar-refractivity contribution in [3.63, 3.8) is 0 Å². The molecule has 3 rings (SSSR count). The largest absolute Gasteiger partial charge is 0.350 e. The normalized spacial score (nSPS) is 15.3. The van der Waals surface area contributed by atoms with Gasteiger partial charge >= 0.3 is 0 Å². The molecule has 1 saturated carbocycles. The number of thiophene rings is 1. The van der Waals surface area contributed by atoms with Gasteiger partial charge in [-0.3, -0.25) is 4.79 Å². The molecule has 9 heteroatoms. The van der Waals surface area contributed by atoms with E-state index in [1.54, 1.807) is 11.3 Å². The fourth-order valence-electron chi connectivity index (χ4n) is 2.47. The van der Waals surface area contributed by atoms with Crippen LogP contribution in [0.3, 0.4) is 0 Å². The minimum absolute atomic E-state index is 0.00417. The first-order valence-electron chi connectivity index (χ1n) is 7.14. The number of nitrogens with zero attached hydrogens (tertiary/aromatic N) is 4. The number of rotatable bonds is 6. The van der Waals surface area contributed by atoms with Gasteiger partial charge in [-0.25, -0.2) is 4.68 Å². The topological polar surface area (TPSA) is 72.7 Å². The van der Waals surface area contributed by atoms with Crippen LogP contribution < -0.4 is 5.32 Å². The van der Waals surface area contributed by atoms with Crippen molar-refractivity contribution in [3.05, 3.63) is 20.8 Å². The van der Waals surface area contributed by atoms with Crippen LogP contribution in [-0.2, 0) is 11.3 Å². The van der Waals surface area contributed by atoms with E-state index in [1.807, 2.05) is 16.8 Å². The van der Waals surface area contributed by atoms with E-state index in [0.29, 0.717) is 18.3 Å². The van der Waals surface area contributed by atoms with E-state index in [9.17, 15) is 4.79 Å². The molecule has 6 nitrogen and oxygen atoms in total. The zero-order chi connectivity index (χ0) is 15.4. The summed E-state index contributed by atoms with van der Waals surface area (Å²) in [5.41, 5.74) is 0. The Morgan fingerprint density at radius 2 is 2.27 bits per heavy atom. The lowest BCUT2D eigenvalue weighted by Gasteiger charge is -2.10. The summed E-state index contributed by atoms with van der Waals surface area (Å²) in [7, 11) is 0. The average Bonchev–Trinajstić information content (AvgIpc) is 3.23. The van der Waals surface area contributed by atoms with E-state index in [2.05, 4.69) is 36.8 Å². The first-order valence-corrected chi connectivity index (χ1v) is 9.73. The van der Waals surface area contributed by atoms with Crippen molar-refractivity contribution < 1.29 is 4.79 Å². The van der Waals surface area contributed by atoms with Crippen molar-refractivity contribution >= 4 is 44.9 Å². The van der Waals surface area contributed by atoms with Crippen molar-refractivity contribution in [1.29, 1.82) is 0 Å². The van der Waals surface area contributed by atoms with Gasteiger partial charge in [0.05, 0.1) is 22.1 Å². The molecule has 0 saturated heterocycles. The van der Waals surface area contributed by atoms with E-state index in [4.69, 9.17) is 0 Å². The Morgan fingerprint density at radius 3 is 3.00 bits per heavy atom. The molecule has 1 fully saturated rings. The predicted molar refractivity (Wildman–Crippen MR) is 89.9 cm³/mol. The number of amides is 1. The Kier molecular flexibility index (Phi) is 5.48. The van der Waals surface area contributed by atoms with Crippen molar-refractivity contribution in [3.8, 4) is 0 Å². The van der Waals surface area contributed by atoms with Crippen LogP contribution in [0.15, 0.2) is 21.1 Å². The van der Waals surface area contributed by atoms with Crippen molar-refractivity contribution in [2.24, 2.45) is 0 Å². The van der Waals surface area contributed by atoms with Gasteiger partial charge in [-0.1, -0.05) is 24.6 Å². The highest BCUT2D eigenvalue weighted by Gasteiger charge is 2.22. The highest BCUT2D eigenvalue weighted by Crippen LogP contribution is 2.31. The number of aromatic nitrogens is 4. The maximum absolute atomic E-state index is 11.9. The summed E-state index contributed by atoms with van der Waals surface area (Å²) >= 11 is 6.43. The fraction of sp³-hybridized carbons (Fsp3) is 0.538.